The Kier molecular flexibility index (Phi) is 4.35. The van der Waals surface area contributed by atoms with Gasteiger partial charge in [-0.25, -0.2) is 9.78 Å². The summed E-state index contributed by atoms with van der Waals surface area (Å²) in [6.07, 6.45) is 0. The monoisotopic (exact) mass is 278 g/mol. The Labute approximate surface area is 115 Å². The molecule has 100 valence electrons. The lowest BCUT2D eigenvalue weighted by molar-refractivity contribution is 0.0521. The molecule has 0 amide bonds. The first-order valence-corrected chi connectivity index (χ1v) is 6.64. The number of hydrogen-bond donors (Lipinski definition) is 1. The fourth-order valence-corrected chi connectivity index (χ4v) is 2.20. The molecule has 0 spiro atoms. The topological polar surface area (TPSA) is 60.5 Å². The predicted molar refractivity (Wildman–Crippen MR) is 74.3 cm³/mol. The van der Waals surface area contributed by atoms with Crippen molar-refractivity contribution in [2.24, 2.45) is 0 Å². The van der Waals surface area contributed by atoms with E-state index < -0.39 is 5.97 Å². The lowest BCUT2D eigenvalue weighted by Crippen LogP contribution is -2.07. The number of nitrogens with zero attached hydrogens (tertiary/aromatic N) is 1. The highest BCUT2D eigenvalue weighted by Crippen LogP contribution is 2.27. The van der Waals surface area contributed by atoms with Crippen molar-refractivity contribution in [3.05, 3.63) is 35.5 Å². The van der Waals surface area contributed by atoms with E-state index >= 15 is 0 Å². The first kappa shape index (κ1) is 13.4. The summed E-state index contributed by atoms with van der Waals surface area (Å²) in [5.74, 6) is 0.321. The normalized spacial score (nSPS) is 10.0. The Bertz CT molecular complexity index is 569. The zero-order valence-corrected chi connectivity index (χ0v) is 11.5. The third-order valence-electron chi connectivity index (χ3n) is 2.36. The molecule has 1 heterocycles. The van der Waals surface area contributed by atoms with Crippen molar-refractivity contribution in [3.8, 4) is 5.75 Å². The summed E-state index contributed by atoms with van der Waals surface area (Å²) in [7, 11) is 1.61. The molecule has 0 atom stereocenters. The summed E-state index contributed by atoms with van der Waals surface area (Å²) in [5.41, 5.74) is 2.73. The molecule has 0 saturated carbocycles. The van der Waals surface area contributed by atoms with Gasteiger partial charge in [0.15, 0.2) is 5.69 Å². The van der Waals surface area contributed by atoms with Crippen LogP contribution in [0.25, 0.3) is 0 Å². The van der Waals surface area contributed by atoms with Gasteiger partial charge in [-0.05, 0) is 19.1 Å². The Morgan fingerprint density at radius 1 is 1.47 bits per heavy atom. The quantitative estimate of drug-likeness (QED) is 0.852. The zero-order valence-electron chi connectivity index (χ0n) is 10.7. The second-order valence-corrected chi connectivity index (χ2v) is 4.46. The third kappa shape index (κ3) is 3.23. The largest absolute Gasteiger partial charge is 0.497 e. The van der Waals surface area contributed by atoms with Crippen LogP contribution in [0.3, 0.4) is 0 Å². The van der Waals surface area contributed by atoms with Crippen molar-refractivity contribution in [3.63, 3.8) is 0 Å². The summed E-state index contributed by atoms with van der Waals surface area (Å²) >= 11 is 1.35. The molecule has 0 fully saturated rings. The van der Waals surface area contributed by atoms with E-state index in [-0.39, 0.29) is 0 Å². The van der Waals surface area contributed by atoms with E-state index in [0.717, 1.165) is 11.4 Å². The van der Waals surface area contributed by atoms with Crippen molar-refractivity contribution in [2.45, 2.75) is 6.92 Å². The van der Waals surface area contributed by atoms with E-state index in [4.69, 9.17) is 9.47 Å². The molecule has 1 aromatic carbocycles. The Hall–Kier alpha value is -2.08. The number of esters is 1. The Morgan fingerprint density at radius 3 is 3.05 bits per heavy atom. The van der Waals surface area contributed by atoms with Crippen LogP contribution in [0.5, 0.6) is 5.75 Å². The van der Waals surface area contributed by atoms with E-state index in [1.807, 2.05) is 24.3 Å². The predicted octanol–water partition coefficient (Wildman–Crippen LogP) is 3.07. The van der Waals surface area contributed by atoms with Gasteiger partial charge in [-0.3, -0.25) is 0 Å². The SMILES string of the molecule is CCOC(=O)c1ncsc1Nc1cccc(OC)c1. The number of hydrogen-bond acceptors (Lipinski definition) is 6. The van der Waals surface area contributed by atoms with Gasteiger partial charge in [0.25, 0.3) is 0 Å². The van der Waals surface area contributed by atoms with Gasteiger partial charge in [0.1, 0.15) is 10.8 Å². The minimum absolute atomic E-state index is 0.301. The van der Waals surface area contributed by atoms with Crippen LogP contribution >= 0.6 is 11.3 Å². The van der Waals surface area contributed by atoms with E-state index in [1.54, 1.807) is 19.5 Å². The molecule has 1 N–H and O–H groups in total. The van der Waals surface area contributed by atoms with Gasteiger partial charge in [-0.2, -0.15) is 0 Å². The Morgan fingerprint density at radius 2 is 2.32 bits per heavy atom. The highest BCUT2D eigenvalue weighted by Gasteiger charge is 2.16. The van der Waals surface area contributed by atoms with Gasteiger partial charge in [0, 0.05) is 11.8 Å². The molecule has 2 rings (SSSR count). The molecule has 0 radical (unpaired) electrons. The first-order chi connectivity index (χ1) is 9.24. The number of carbonyl (C=O) groups excluding carboxylic acids is 1. The van der Waals surface area contributed by atoms with Crippen LogP contribution in [0.1, 0.15) is 17.4 Å². The summed E-state index contributed by atoms with van der Waals surface area (Å²) in [6.45, 7) is 2.09. The van der Waals surface area contributed by atoms with Gasteiger partial charge >= 0.3 is 5.97 Å². The number of ether oxygens (including phenoxy) is 2. The van der Waals surface area contributed by atoms with Gasteiger partial charge in [0.05, 0.1) is 19.2 Å². The smallest absolute Gasteiger partial charge is 0.360 e. The lowest BCUT2D eigenvalue weighted by atomic mass is 10.3. The number of rotatable bonds is 5. The minimum atomic E-state index is -0.422. The number of thiazole rings is 1. The number of methoxy groups -OCH3 is 1. The van der Waals surface area contributed by atoms with Crippen LogP contribution in [0.4, 0.5) is 10.7 Å². The minimum Gasteiger partial charge on any atom is -0.497 e. The lowest BCUT2D eigenvalue weighted by Gasteiger charge is -2.07. The molecule has 0 aliphatic rings. The van der Waals surface area contributed by atoms with Crippen LogP contribution in [0, 0.1) is 0 Å². The molecular weight excluding hydrogens is 264 g/mol. The molecule has 5 nitrogen and oxygen atoms in total. The van der Waals surface area contributed by atoms with Gasteiger partial charge in [0.2, 0.25) is 0 Å². The second-order valence-electron chi connectivity index (χ2n) is 3.61. The standard InChI is InChI=1S/C13H14N2O3S/c1-3-18-13(16)11-12(19-8-14-11)15-9-5-4-6-10(7-9)17-2/h4-8,15H,3H2,1-2H3. The van der Waals surface area contributed by atoms with Crippen molar-refractivity contribution >= 4 is 28.0 Å². The van der Waals surface area contributed by atoms with Crippen LogP contribution in [0.2, 0.25) is 0 Å². The van der Waals surface area contributed by atoms with Crippen LogP contribution in [-0.4, -0.2) is 24.7 Å². The average Bonchev–Trinajstić information content (AvgIpc) is 2.87. The summed E-state index contributed by atoms with van der Waals surface area (Å²) in [6, 6.07) is 7.45. The van der Waals surface area contributed by atoms with Gasteiger partial charge in [-0.1, -0.05) is 6.07 Å². The summed E-state index contributed by atoms with van der Waals surface area (Å²) in [4.78, 5) is 15.7. The first-order valence-electron chi connectivity index (χ1n) is 5.76. The van der Waals surface area contributed by atoms with Crippen molar-refractivity contribution in [1.29, 1.82) is 0 Å². The van der Waals surface area contributed by atoms with E-state index in [9.17, 15) is 4.79 Å². The molecule has 6 heteroatoms. The molecule has 0 bridgehead atoms. The van der Waals surface area contributed by atoms with Crippen LogP contribution in [-0.2, 0) is 4.74 Å². The number of anilines is 2. The fourth-order valence-electron chi connectivity index (χ4n) is 1.51. The number of carbonyl (C=O) groups is 1. The van der Waals surface area contributed by atoms with Crippen molar-refractivity contribution < 1.29 is 14.3 Å². The maximum atomic E-state index is 11.7. The molecule has 1 aromatic heterocycles. The molecule has 0 saturated heterocycles. The second kappa shape index (κ2) is 6.19. The zero-order chi connectivity index (χ0) is 13.7. The van der Waals surface area contributed by atoms with Crippen LogP contribution in [0.15, 0.2) is 29.8 Å². The average molecular weight is 278 g/mol. The van der Waals surface area contributed by atoms with E-state index in [1.165, 1.54) is 11.3 Å². The molecule has 2 aromatic rings. The van der Waals surface area contributed by atoms with Crippen molar-refractivity contribution in [2.75, 3.05) is 19.0 Å². The molecule has 19 heavy (non-hydrogen) atoms. The highest BCUT2D eigenvalue weighted by molar-refractivity contribution is 7.14. The number of benzene rings is 1. The number of nitrogens with one attached hydrogen (secondary N) is 1. The van der Waals surface area contributed by atoms with Gasteiger partial charge in [-0.15, -0.1) is 11.3 Å². The van der Waals surface area contributed by atoms with E-state index in [0.29, 0.717) is 17.3 Å². The summed E-state index contributed by atoms with van der Waals surface area (Å²) < 4.78 is 10.1. The maximum Gasteiger partial charge on any atom is 0.360 e. The number of aromatic nitrogens is 1. The third-order valence-corrected chi connectivity index (χ3v) is 3.11. The Balaban J connectivity index is 2.19. The van der Waals surface area contributed by atoms with E-state index in [2.05, 4.69) is 10.3 Å². The van der Waals surface area contributed by atoms with Gasteiger partial charge < -0.3 is 14.8 Å². The summed E-state index contributed by atoms with van der Waals surface area (Å²) in [5, 5.41) is 3.80. The maximum absolute atomic E-state index is 11.7. The highest BCUT2D eigenvalue weighted by atomic mass is 32.1. The molecular formula is C13H14N2O3S. The van der Waals surface area contributed by atoms with Crippen molar-refractivity contribution in [1.82, 2.24) is 4.98 Å². The molecule has 0 aliphatic carbocycles. The molecule has 0 aliphatic heterocycles. The molecule has 0 unspecified atom stereocenters. The fraction of sp³-hybridized carbons (Fsp3) is 0.231. The van der Waals surface area contributed by atoms with Crippen LogP contribution < -0.4 is 10.1 Å².